The molecule has 1 aromatic rings. The Bertz CT molecular complexity index is 536. The summed E-state index contributed by atoms with van der Waals surface area (Å²) in [5, 5.41) is 6.75. The highest BCUT2D eigenvalue weighted by Gasteiger charge is 2.34. The number of carbonyl (C=O) groups excluding carboxylic acids is 1. The van der Waals surface area contributed by atoms with Gasteiger partial charge in [-0.3, -0.25) is 4.79 Å². The van der Waals surface area contributed by atoms with Crippen molar-refractivity contribution in [1.82, 2.24) is 10.6 Å². The number of fused-ring (bicyclic) bond motifs is 2. The summed E-state index contributed by atoms with van der Waals surface area (Å²) in [5.74, 6) is 1.30. The Kier molecular flexibility index (Phi) is 4.25. The van der Waals surface area contributed by atoms with E-state index in [0.717, 1.165) is 18.4 Å². The number of amides is 1. The van der Waals surface area contributed by atoms with Crippen LogP contribution in [0.1, 0.15) is 41.6 Å². The third-order valence-corrected chi connectivity index (χ3v) is 4.82. The molecular formula is C17H24N2O3. The Labute approximate surface area is 131 Å². The summed E-state index contributed by atoms with van der Waals surface area (Å²) in [6, 6.07) is 4.94. The second-order valence-corrected chi connectivity index (χ2v) is 6.29. The molecule has 2 saturated heterocycles. The van der Waals surface area contributed by atoms with Gasteiger partial charge in [0.2, 0.25) is 0 Å². The third kappa shape index (κ3) is 2.90. The summed E-state index contributed by atoms with van der Waals surface area (Å²) in [7, 11) is 3.21. The van der Waals surface area contributed by atoms with Crippen LogP contribution in [-0.4, -0.2) is 38.3 Å². The second kappa shape index (κ2) is 6.16. The molecule has 0 aliphatic carbocycles. The number of benzene rings is 1. The van der Waals surface area contributed by atoms with Gasteiger partial charge in [0.05, 0.1) is 14.2 Å². The monoisotopic (exact) mass is 304 g/mol. The molecule has 120 valence electrons. The Balaban J connectivity index is 1.74. The smallest absolute Gasteiger partial charge is 0.251 e. The van der Waals surface area contributed by atoms with Crippen LogP contribution in [0, 0.1) is 6.92 Å². The fraction of sp³-hybridized carbons (Fsp3) is 0.588. The molecule has 2 heterocycles. The third-order valence-electron chi connectivity index (χ3n) is 4.82. The average molecular weight is 304 g/mol. The number of methoxy groups -OCH3 is 2. The molecule has 2 N–H and O–H groups in total. The van der Waals surface area contributed by atoms with Gasteiger partial charge in [0.15, 0.2) is 0 Å². The fourth-order valence-electron chi connectivity index (χ4n) is 3.66. The van der Waals surface area contributed by atoms with Crippen LogP contribution in [0.25, 0.3) is 0 Å². The molecule has 2 atom stereocenters. The SMILES string of the molecule is COc1cc(C(=O)NC2CC3CCC(C2)N3)cc(OC)c1C. The summed E-state index contributed by atoms with van der Waals surface area (Å²) in [6.45, 7) is 1.92. The predicted molar refractivity (Wildman–Crippen MR) is 84.7 cm³/mol. The standard InChI is InChI=1S/C17H24N2O3/c1-10-15(21-2)6-11(7-16(10)22-3)17(20)19-14-8-12-4-5-13(9-14)18-12/h6-7,12-14,18H,4-5,8-9H2,1-3H3,(H,19,20). The van der Waals surface area contributed by atoms with Gasteiger partial charge in [0, 0.05) is 29.3 Å². The van der Waals surface area contributed by atoms with Gasteiger partial charge in [-0.05, 0) is 44.7 Å². The van der Waals surface area contributed by atoms with E-state index in [1.165, 1.54) is 12.8 Å². The molecule has 0 aromatic heterocycles. The van der Waals surface area contributed by atoms with Gasteiger partial charge >= 0.3 is 0 Å². The van der Waals surface area contributed by atoms with E-state index in [4.69, 9.17) is 9.47 Å². The molecule has 2 aliphatic heterocycles. The minimum absolute atomic E-state index is 0.0529. The normalized spacial score (nSPS) is 26.6. The van der Waals surface area contributed by atoms with Gasteiger partial charge in [0.1, 0.15) is 11.5 Å². The lowest BCUT2D eigenvalue weighted by Crippen LogP contribution is -2.48. The van der Waals surface area contributed by atoms with Gasteiger partial charge in [0.25, 0.3) is 5.91 Å². The highest BCUT2D eigenvalue weighted by Crippen LogP contribution is 2.30. The number of ether oxygens (including phenoxy) is 2. The molecule has 22 heavy (non-hydrogen) atoms. The van der Waals surface area contributed by atoms with E-state index in [9.17, 15) is 4.79 Å². The van der Waals surface area contributed by atoms with E-state index in [-0.39, 0.29) is 11.9 Å². The lowest BCUT2D eigenvalue weighted by Gasteiger charge is -2.29. The molecule has 2 aliphatic rings. The van der Waals surface area contributed by atoms with Crippen molar-refractivity contribution in [3.63, 3.8) is 0 Å². The summed E-state index contributed by atoms with van der Waals surface area (Å²) in [5.41, 5.74) is 1.49. The summed E-state index contributed by atoms with van der Waals surface area (Å²) < 4.78 is 10.7. The van der Waals surface area contributed by atoms with Gasteiger partial charge in [-0.2, -0.15) is 0 Å². The molecule has 2 fully saturated rings. The van der Waals surface area contributed by atoms with Crippen molar-refractivity contribution in [2.24, 2.45) is 0 Å². The zero-order valence-electron chi connectivity index (χ0n) is 13.4. The molecule has 5 nitrogen and oxygen atoms in total. The van der Waals surface area contributed by atoms with Crippen LogP contribution in [0.3, 0.4) is 0 Å². The quantitative estimate of drug-likeness (QED) is 0.893. The largest absolute Gasteiger partial charge is 0.496 e. The number of nitrogens with one attached hydrogen (secondary N) is 2. The minimum atomic E-state index is -0.0529. The maximum atomic E-state index is 12.6. The van der Waals surface area contributed by atoms with Crippen molar-refractivity contribution in [2.75, 3.05) is 14.2 Å². The lowest BCUT2D eigenvalue weighted by atomic mass is 9.99. The first-order valence-electron chi connectivity index (χ1n) is 7.90. The van der Waals surface area contributed by atoms with Crippen molar-refractivity contribution in [2.45, 2.75) is 50.7 Å². The van der Waals surface area contributed by atoms with Crippen LogP contribution < -0.4 is 20.1 Å². The summed E-state index contributed by atoms with van der Waals surface area (Å²) in [4.78, 5) is 12.6. The van der Waals surface area contributed by atoms with Crippen LogP contribution in [0.4, 0.5) is 0 Å². The molecule has 5 heteroatoms. The van der Waals surface area contributed by atoms with Crippen molar-refractivity contribution in [3.8, 4) is 11.5 Å². The van der Waals surface area contributed by atoms with Crippen LogP contribution in [-0.2, 0) is 0 Å². The molecule has 0 saturated carbocycles. The first-order valence-corrected chi connectivity index (χ1v) is 7.90. The molecule has 1 aromatic carbocycles. The Morgan fingerprint density at radius 1 is 1.14 bits per heavy atom. The Hall–Kier alpha value is -1.75. The molecule has 3 rings (SSSR count). The van der Waals surface area contributed by atoms with Crippen molar-refractivity contribution in [1.29, 1.82) is 0 Å². The Morgan fingerprint density at radius 3 is 2.18 bits per heavy atom. The van der Waals surface area contributed by atoms with E-state index in [2.05, 4.69) is 10.6 Å². The summed E-state index contributed by atoms with van der Waals surface area (Å²) >= 11 is 0. The van der Waals surface area contributed by atoms with Gasteiger partial charge < -0.3 is 20.1 Å². The van der Waals surface area contributed by atoms with Crippen LogP contribution in [0.15, 0.2) is 12.1 Å². The lowest BCUT2D eigenvalue weighted by molar-refractivity contribution is 0.0923. The number of carbonyl (C=O) groups is 1. The molecule has 1 amide bonds. The molecule has 2 bridgehead atoms. The van der Waals surface area contributed by atoms with Crippen LogP contribution in [0.2, 0.25) is 0 Å². The molecule has 2 unspecified atom stereocenters. The number of rotatable bonds is 4. The summed E-state index contributed by atoms with van der Waals surface area (Å²) in [6.07, 6.45) is 4.48. The maximum absolute atomic E-state index is 12.6. The van der Waals surface area contributed by atoms with E-state index in [1.807, 2.05) is 6.92 Å². The zero-order valence-corrected chi connectivity index (χ0v) is 13.4. The van der Waals surface area contributed by atoms with E-state index in [1.54, 1.807) is 26.4 Å². The Morgan fingerprint density at radius 2 is 1.68 bits per heavy atom. The zero-order chi connectivity index (χ0) is 15.7. The van der Waals surface area contributed by atoms with Gasteiger partial charge in [-0.15, -0.1) is 0 Å². The second-order valence-electron chi connectivity index (χ2n) is 6.29. The first kappa shape index (κ1) is 15.2. The van der Waals surface area contributed by atoms with Gasteiger partial charge in [-0.25, -0.2) is 0 Å². The van der Waals surface area contributed by atoms with E-state index < -0.39 is 0 Å². The van der Waals surface area contributed by atoms with Gasteiger partial charge in [-0.1, -0.05) is 0 Å². The van der Waals surface area contributed by atoms with Crippen LogP contribution in [0.5, 0.6) is 11.5 Å². The fourth-order valence-corrected chi connectivity index (χ4v) is 3.66. The highest BCUT2D eigenvalue weighted by molar-refractivity contribution is 5.95. The topological polar surface area (TPSA) is 59.6 Å². The van der Waals surface area contributed by atoms with E-state index in [0.29, 0.717) is 29.1 Å². The average Bonchev–Trinajstić information content (AvgIpc) is 2.86. The first-order chi connectivity index (χ1) is 10.6. The number of piperidine rings is 1. The maximum Gasteiger partial charge on any atom is 0.251 e. The van der Waals surface area contributed by atoms with Crippen LogP contribution >= 0.6 is 0 Å². The predicted octanol–water partition coefficient (Wildman–Crippen LogP) is 2.03. The van der Waals surface area contributed by atoms with Crippen molar-refractivity contribution >= 4 is 5.91 Å². The molecule has 0 spiro atoms. The minimum Gasteiger partial charge on any atom is -0.496 e. The van der Waals surface area contributed by atoms with Crippen molar-refractivity contribution in [3.05, 3.63) is 23.3 Å². The van der Waals surface area contributed by atoms with Crippen molar-refractivity contribution < 1.29 is 14.3 Å². The number of hydrogen-bond acceptors (Lipinski definition) is 4. The highest BCUT2D eigenvalue weighted by atomic mass is 16.5. The number of hydrogen-bond donors (Lipinski definition) is 2. The molecular weight excluding hydrogens is 280 g/mol. The molecule has 0 radical (unpaired) electrons. The van der Waals surface area contributed by atoms with E-state index >= 15 is 0 Å².